The summed E-state index contributed by atoms with van der Waals surface area (Å²) in [6.45, 7) is 16.5. The molecule has 5 aliphatic rings. The van der Waals surface area contributed by atoms with Crippen LogP contribution in [0.4, 0.5) is 0 Å². The monoisotopic (exact) mass is 536 g/mol. The van der Waals surface area contributed by atoms with Crippen molar-refractivity contribution in [3.8, 4) is 0 Å². The molecule has 1 aromatic carbocycles. The van der Waals surface area contributed by atoms with E-state index in [-0.39, 0.29) is 5.41 Å². The second-order valence-corrected chi connectivity index (χ2v) is 14.3. The fourth-order valence-electron chi connectivity index (χ4n) is 9.41. The Kier molecular flexibility index (Phi) is 8.10. The van der Waals surface area contributed by atoms with Crippen LogP contribution in [-0.2, 0) is 0 Å². The van der Waals surface area contributed by atoms with Crippen molar-refractivity contribution in [3.05, 3.63) is 77.9 Å². The molecule has 1 aliphatic heterocycles. The first-order valence-corrected chi connectivity index (χ1v) is 16.4. The first-order chi connectivity index (χ1) is 19.4. The maximum absolute atomic E-state index is 5.09. The van der Waals surface area contributed by atoms with Gasteiger partial charge in [0.25, 0.3) is 0 Å². The van der Waals surface area contributed by atoms with Crippen molar-refractivity contribution >= 4 is 11.3 Å². The average Bonchev–Trinajstić information content (AvgIpc) is 3.35. The zero-order valence-electron chi connectivity index (χ0n) is 25.5. The molecule has 0 radical (unpaired) electrons. The molecule has 0 amide bonds. The van der Waals surface area contributed by atoms with Crippen LogP contribution in [0, 0.1) is 34.5 Å². The smallest absolute Gasteiger partial charge is 0.0612 e. The molecule has 0 bridgehead atoms. The molecule has 0 spiro atoms. The molecular formula is C38H52N2. The average molecular weight is 537 g/mol. The molecule has 3 unspecified atom stereocenters. The summed E-state index contributed by atoms with van der Waals surface area (Å²) in [5.74, 6) is 2.68. The van der Waals surface area contributed by atoms with Crippen LogP contribution >= 0.6 is 0 Å². The lowest BCUT2D eigenvalue weighted by atomic mass is 9.47. The number of nitrogens with zero attached hydrogens (tertiary/aromatic N) is 2. The minimum atomic E-state index is 0.283. The number of benzene rings is 1. The Bertz CT molecular complexity index is 1200. The molecule has 0 aromatic heterocycles. The van der Waals surface area contributed by atoms with Crippen molar-refractivity contribution in [2.45, 2.75) is 85.0 Å². The van der Waals surface area contributed by atoms with E-state index in [1.165, 1.54) is 87.7 Å². The maximum Gasteiger partial charge on any atom is 0.0612 e. The zero-order chi connectivity index (χ0) is 27.7. The zero-order valence-corrected chi connectivity index (χ0v) is 25.5. The maximum atomic E-state index is 5.09. The fourth-order valence-corrected chi connectivity index (χ4v) is 9.41. The van der Waals surface area contributed by atoms with Crippen LogP contribution in [0.25, 0.3) is 5.57 Å². The van der Waals surface area contributed by atoms with E-state index in [0.29, 0.717) is 29.1 Å². The van der Waals surface area contributed by atoms with Gasteiger partial charge in [-0.3, -0.25) is 9.89 Å². The first kappa shape index (κ1) is 28.0. The molecule has 2 fully saturated rings. The van der Waals surface area contributed by atoms with E-state index < -0.39 is 0 Å². The van der Waals surface area contributed by atoms with Crippen molar-refractivity contribution in [3.63, 3.8) is 0 Å². The van der Waals surface area contributed by atoms with Gasteiger partial charge in [-0.05, 0) is 128 Å². The molecule has 214 valence electrons. The SMILES string of the molecule is C=C(C/N=C1/C=C2CCC(C)[C@]3(C)C(C=C[C@@H]2CC1)CC[C@]1(C)C(c2ccccc2)=CCC31)CN1CCCCC1. The van der Waals surface area contributed by atoms with Gasteiger partial charge in [-0.2, -0.15) is 0 Å². The number of likely N-dealkylation sites (tertiary alicyclic amines) is 1. The molecule has 1 aromatic rings. The van der Waals surface area contributed by atoms with Gasteiger partial charge in [0.2, 0.25) is 0 Å². The van der Waals surface area contributed by atoms with Crippen LogP contribution in [0.1, 0.15) is 90.5 Å². The lowest BCUT2D eigenvalue weighted by molar-refractivity contribution is -0.0436. The summed E-state index contributed by atoms with van der Waals surface area (Å²) in [4.78, 5) is 7.66. The molecule has 1 heterocycles. The normalized spacial score (nSPS) is 37.3. The van der Waals surface area contributed by atoms with E-state index >= 15 is 0 Å². The number of allylic oxidation sites excluding steroid dienone is 6. The largest absolute Gasteiger partial charge is 0.299 e. The van der Waals surface area contributed by atoms with Crippen LogP contribution in [0.2, 0.25) is 0 Å². The Balaban J connectivity index is 1.17. The lowest BCUT2D eigenvalue weighted by Crippen LogP contribution is -2.50. The summed E-state index contributed by atoms with van der Waals surface area (Å²) in [7, 11) is 0. The van der Waals surface area contributed by atoms with Gasteiger partial charge in [-0.25, -0.2) is 0 Å². The highest BCUT2D eigenvalue weighted by Gasteiger charge is 2.57. The summed E-state index contributed by atoms with van der Waals surface area (Å²) in [5, 5.41) is 0. The van der Waals surface area contributed by atoms with Gasteiger partial charge in [0.15, 0.2) is 0 Å². The molecular weight excluding hydrogens is 484 g/mol. The van der Waals surface area contributed by atoms with Gasteiger partial charge in [-0.1, -0.05) is 87.9 Å². The van der Waals surface area contributed by atoms with Crippen molar-refractivity contribution in [2.75, 3.05) is 26.2 Å². The minimum absolute atomic E-state index is 0.283. The quantitative estimate of drug-likeness (QED) is 0.342. The van der Waals surface area contributed by atoms with Gasteiger partial charge in [0.05, 0.1) is 6.54 Å². The molecule has 1 saturated heterocycles. The number of rotatable bonds is 5. The topological polar surface area (TPSA) is 15.6 Å². The first-order valence-electron chi connectivity index (χ1n) is 16.4. The predicted molar refractivity (Wildman–Crippen MR) is 172 cm³/mol. The third-order valence-electron chi connectivity index (χ3n) is 12.0. The van der Waals surface area contributed by atoms with E-state index in [1.54, 1.807) is 11.1 Å². The van der Waals surface area contributed by atoms with Crippen LogP contribution in [0.5, 0.6) is 0 Å². The standard InChI is InChI=1S/C38H52N2/c1-28(27-40-23-9-6-10-24-40)26-39-34-18-16-30-15-17-33-21-22-37(3)35(31-11-7-5-8-12-31)19-20-36(37)38(33,4)29(2)13-14-32(30)25-34/h5,7-8,11-12,15,17,19,25,29-30,33,36H,1,6,9-10,13-14,16,18,20-24,26-27H2,2-4H3/b17-15?,39-34+/t29?,30-,33?,36?,37-,38-/m1/s1. The van der Waals surface area contributed by atoms with Crippen molar-refractivity contribution < 1.29 is 0 Å². The fraction of sp³-hybridized carbons (Fsp3) is 0.605. The van der Waals surface area contributed by atoms with E-state index in [0.717, 1.165) is 19.5 Å². The highest BCUT2D eigenvalue weighted by atomic mass is 15.1. The molecule has 2 heteroatoms. The van der Waals surface area contributed by atoms with Crippen molar-refractivity contribution in [2.24, 2.45) is 39.5 Å². The van der Waals surface area contributed by atoms with Crippen LogP contribution in [0.15, 0.2) is 77.4 Å². The van der Waals surface area contributed by atoms with E-state index in [9.17, 15) is 0 Å². The Hall–Kier alpha value is -2.19. The highest BCUT2D eigenvalue weighted by molar-refractivity contribution is 5.96. The lowest BCUT2D eigenvalue weighted by Gasteiger charge is -2.57. The van der Waals surface area contributed by atoms with Crippen LogP contribution < -0.4 is 0 Å². The molecule has 2 nitrogen and oxygen atoms in total. The molecule has 6 atom stereocenters. The molecule has 0 N–H and O–H groups in total. The number of hydrogen-bond donors (Lipinski definition) is 0. The number of fused-ring (bicyclic) bond motifs is 4. The summed E-state index contributed by atoms with van der Waals surface area (Å²) in [5.41, 5.74) is 7.90. The van der Waals surface area contributed by atoms with Crippen LogP contribution in [0.3, 0.4) is 0 Å². The van der Waals surface area contributed by atoms with Gasteiger partial charge in [-0.15, -0.1) is 0 Å². The van der Waals surface area contributed by atoms with Gasteiger partial charge in [0, 0.05) is 12.3 Å². The predicted octanol–water partition coefficient (Wildman–Crippen LogP) is 9.32. The Labute approximate surface area is 244 Å². The Morgan fingerprint density at radius 2 is 1.80 bits per heavy atom. The summed E-state index contributed by atoms with van der Waals surface area (Å²) < 4.78 is 0. The van der Waals surface area contributed by atoms with E-state index in [1.807, 2.05) is 0 Å². The second-order valence-electron chi connectivity index (χ2n) is 14.3. The Morgan fingerprint density at radius 1 is 1.00 bits per heavy atom. The summed E-state index contributed by atoms with van der Waals surface area (Å²) in [6.07, 6.45) is 23.2. The van der Waals surface area contributed by atoms with Crippen molar-refractivity contribution in [1.82, 2.24) is 4.90 Å². The molecule has 40 heavy (non-hydrogen) atoms. The van der Waals surface area contributed by atoms with E-state index in [2.05, 4.69) is 86.9 Å². The van der Waals surface area contributed by atoms with Gasteiger partial charge < -0.3 is 0 Å². The third kappa shape index (κ3) is 5.26. The van der Waals surface area contributed by atoms with E-state index in [4.69, 9.17) is 4.99 Å². The van der Waals surface area contributed by atoms with Crippen LogP contribution in [-0.4, -0.2) is 36.8 Å². The number of aliphatic imine (C=N–C) groups is 1. The highest BCUT2D eigenvalue weighted by Crippen LogP contribution is 2.66. The number of piperidine rings is 1. The minimum Gasteiger partial charge on any atom is -0.299 e. The summed E-state index contributed by atoms with van der Waals surface area (Å²) in [6, 6.07) is 11.2. The molecule has 1 saturated carbocycles. The molecule has 6 rings (SSSR count). The van der Waals surface area contributed by atoms with Gasteiger partial charge in [0.1, 0.15) is 0 Å². The Morgan fingerprint density at radius 3 is 2.60 bits per heavy atom. The third-order valence-corrected chi connectivity index (χ3v) is 12.0. The van der Waals surface area contributed by atoms with Gasteiger partial charge >= 0.3 is 0 Å². The second kappa shape index (κ2) is 11.6. The summed E-state index contributed by atoms with van der Waals surface area (Å²) >= 11 is 0. The molecule has 4 aliphatic carbocycles. The van der Waals surface area contributed by atoms with Crippen molar-refractivity contribution in [1.29, 1.82) is 0 Å². The number of hydrogen-bond acceptors (Lipinski definition) is 2.